The molecule has 0 aliphatic heterocycles. The van der Waals surface area contributed by atoms with Crippen molar-refractivity contribution in [2.75, 3.05) is 0 Å². The van der Waals surface area contributed by atoms with E-state index in [0.717, 1.165) is 18.5 Å². The van der Waals surface area contributed by atoms with E-state index in [1.54, 1.807) is 16.7 Å². The molecular formula is C12H14N6O2S. The Hall–Kier alpha value is -2.13. The van der Waals surface area contributed by atoms with Crippen LogP contribution in [-0.4, -0.2) is 25.7 Å². The van der Waals surface area contributed by atoms with E-state index in [1.165, 1.54) is 11.8 Å². The summed E-state index contributed by atoms with van der Waals surface area (Å²) >= 11 is 1.41. The molecule has 110 valence electrons. The summed E-state index contributed by atoms with van der Waals surface area (Å²) in [5.41, 5.74) is 2.85. The predicted octanol–water partition coefficient (Wildman–Crippen LogP) is 0.197. The number of aromatic amines is 1. The number of nitrogens with one attached hydrogen (secondary N) is 2. The normalized spacial score (nSPS) is 14.1. The number of hydrogen-bond acceptors (Lipinski definition) is 6. The number of nitrogens with zero attached hydrogens (tertiary/aromatic N) is 3. The molecule has 0 aromatic carbocycles. The van der Waals surface area contributed by atoms with E-state index in [-0.39, 0.29) is 17.4 Å². The van der Waals surface area contributed by atoms with Gasteiger partial charge in [0.2, 0.25) is 0 Å². The van der Waals surface area contributed by atoms with Crippen LogP contribution in [0, 0.1) is 0 Å². The number of hydrogen-bond donors (Lipinski definition) is 3. The molecule has 1 amide bonds. The van der Waals surface area contributed by atoms with Gasteiger partial charge in [0, 0.05) is 11.8 Å². The van der Waals surface area contributed by atoms with Gasteiger partial charge in [0.05, 0.1) is 5.69 Å². The maximum absolute atomic E-state index is 11.7. The predicted molar refractivity (Wildman–Crippen MR) is 76.6 cm³/mol. The Bertz CT molecular complexity index is 721. The van der Waals surface area contributed by atoms with Gasteiger partial charge in [-0.2, -0.15) is 0 Å². The molecule has 1 saturated carbocycles. The SMILES string of the molecule is NNC(=O)c1cccc(CSc2n[nH]c(=O)n2C2CC2)n1. The van der Waals surface area contributed by atoms with Gasteiger partial charge in [-0.15, -0.1) is 5.10 Å². The summed E-state index contributed by atoms with van der Waals surface area (Å²) in [4.78, 5) is 27.3. The van der Waals surface area contributed by atoms with Crippen LogP contribution in [0.25, 0.3) is 0 Å². The van der Waals surface area contributed by atoms with Gasteiger partial charge in [-0.1, -0.05) is 17.8 Å². The summed E-state index contributed by atoms with van der Waals surface area (Å²) in [6.07, 6.45) is 2.02. The Kier molecular flexibility index (Phi) is 3.76. The molecule has 0 atom stereocenters. The van der Waals surface area contributed by atoms with Gasteiger partial charge < -0.3 is 0 Å². The van der Waals surface area contributed by atoms with Gasteiger partial charge in [0.1, 0.15) is 5.69 Å². The molecule has 0 spiro atoms. The second kappa shape index (κ2) is 5.70. The van der Waals surface area contributed by atoms with Crippen LogP contribution in [0.4, 0.5) is 0 Å². The van der Waals surface area contributed by atoms with Crippen molar-refractivity contribution in [1.82, 2.24) is 25.2 Å². The molecule has 2 aromatic rings. The number of hydrazine groups is 1. The van der Waals surface area contributed by atoms with Gasteiger partial charge in [-0.25, -0.2) is 20.7 Å². The van der Waals surface area contributed by atoms with Gasteiger partial charge in [0.25, 0.3) is 5.91 Å². The van der Waals surface area contributed by atoms with Crippen molar-refractivity contribution in [2.24, 2.45) is 5.84 Å². The number of rotatable bonds is 5. The fraction of sp³-hybridized carbons (Fsp3) is 0.333. The Morgan fingerprint density at radius 3 is 3.05 bits per heavy atom. The van der Waals surface area contributed by atoms with Crippen molar-refractivity contribution in [3.63, 3.8) is 0 Å². The second-order valence-corrected chi connectivity index (χ2v) is 5.63. The van der Waals surface area contributed by atoms with E-state index in [4.69, 9.17) is 5.84 Å². The van der Waals surface area contributed by atoms with E-state index in [9.17, 15) is 9.59 Å². The van der Waals surface area contributed by atoms with E-state index in [2.05, 4.69) is 15.2 Å². The molecular weight excluding hydrogens is 292 g/mol. The van der Waals surface area contributed by atoms with E-state index >= 15 is 0 Å². The van der Waals surface area contributed by atoms with Gasteiger partial charge >= 0.3 is 5.69 Å². The van der Waals surface area contributed by atoms with Gasteiger partial charge in [0.15, 0.2) is 5.16 Å². The molecule has 0 saturated heterocycles. The van der Waals surface area contributed by atoms with E-state index in [1.807, 2.05) is 11.5 Å². The molecule has 0 radical (unpaired) electrons. The molecule has 21 heavy (non-hydrogen) atoms. The van der Waals surface area contributed by atoms with Crippen molar-refractivity contribution in [1.29, 1.82) is 0 Å². The highest BCUT2D eigenvalue weighted by Gasteiger charge is 2.28. The Labute approximate surface area is 124 Å². The zero-order valence-corrected chi connectivity index (χ0v) is 11.9. The van der Waals surface area contributed by atoms with Crippen molar-refractivity contribution in [3.05, 3.63) is 40.1 Å². The average Bonchev–Trinajstić information content (AvgIpc) is 3.28. The van der Waals surface area contributed by atoms with Crippen LogP contribution < -0.4 is 17.0 Å². The molecule has 1 aliphatic carbocycles. The molecule has 2 heterocycles. The number of pyridine rings is 1. The number of nitrogens with two attached hydrogens (primary N) is 1. The Morgan fingerprint density at radius 1 is 1.52 bits per heavy atom. The number of H-pyrrole nitrogens is 1. The minimum atomic E-state index is -0.434. The van der Waals surface area contributed by atoms with E-state index in [0.29, 0.717) is 10.9 Å². The van der Waals surface area contributed by atoms with Gasteiger partial charge in [-0.05, 0) is 25.0 Å². The lowest BCUT2D eigenvalue weighted by atomic mass is 10.3. The van der Waals surface area contributed by atoms with Crippen molar-refractivity contribution in [2.45, 2.75) is 29.8 Å². The minimum Gasteiger partial charge on any atom is -0.289 e. The molecule has 3 rings (SSSR count). The first kappa shape index (κ1) is 13.8. The van der Waals surface area contributed by atoms with Crippen LogP contribution in [0.2, 0.25) is 0 Å². The summed E-state index contributed by atoms with van der Waals surface area (Å²) in [6, 6.07) is 5.41. The van der Waals surface area contributed by atoms with Crippen LogP contribution in [0.1, 0.15) is 35.1 Å². The number of carbonyl (C=O) groups excluding carboxylic acids is 1. The summed E-state index contributed by atoms with van der Waals surface area (Å²) in [7, 11) is 0. The molecule has 1 aliphatic rings. The fourth-order valence-electron chi connectivity index (χ4n) is 1.95. The lowest BCUT2D eigenvalue weighted by molar-refractivity contribution is 0.0948. The minimum absolute atomic E-state index is 0.177. The van der Waals surface area contributed by atoms with Crippen molar-refractivity contribution >= 4 is 17.7 Å². The monoisotopic (exact) mass is 306 g/mol. The Morgan fingerprint density at radius 2 is 2.33 bits per heavy atom. The summed E-state index contributed by atoms with van der Waals surface area (Å²) < 4.78 is 1.68. The largest absolute Gasteiger partial charge is 0.344 e. The number of amides is 1. The third kappa shape index (κ3) is 2.98. The highest BCUT2D eigenvalue weighted by Crippen LogP contribution is 2.36. The number of nitrogen functional groups attached to an aromatic ring is 1. The summed E-state index contributed by atoms with van der Waals surface area (Å²) in [5.74, 6) is 5.17. The lowest BCUT2D eigenvalue weighted by Crippen LogP contribution is -2.30. The number of thioether (sulfide) groups is 1. The first-order valence-corrected chi connectivity index (χ1v) is 7.44. The molecule has 4 N–H and O–H groups in total. The third-order valence-corrected chi connectivity index (χ3v) is 4.09. The topological polar surface area (TPSA) is 119 Å². The quantitative estimate of drug-likeness (QED) is 0.314. The number of carbonyl (C=O) groups is 1. The lowest BCUT2D eigenvalue weighted by Gasteiger charge is -2.04. The molecule has 0 unspecified atom stereocenters. The standard InChI is InChI=1S/C12H14N6O2S/c13-15-10(19)9-3-1-2-7(14-9)6-21-12-17-16-11(20)18(12)8-4-5-8/h1-3,8H,4-6,13H2,(H,15,19)(H,16,20). The molecule has 0 bridgehead atoms. The summed E-state index contributed by atoms with van der Waals surface area (Å²) in [6.45, 7) is 0. The fourth-order valence-corrected chi connectivity index (χ4v) is 2.86. The van der Waals surface area contributed by atoms with Crippen LogP contribution in [-0.2, 0) is 5.75 Å². The zero-order chi connectivity index (χ0) is 14.8. The average molecular weight is 306 g/mol. The Balaban J connectivity index is 1.73. The van der Waals surface area contributed by atoms with E-state index < -0.39 is 5.91 Å². The first-order valence-electron chi connectivity index (χ1n) is 6.45. The van der Waals surface area contributed by atoms with Crippen LogP contribution >= 0.6 is 11.8 Å². The van der Waals surface area contributed by atoms with Crippen LogP contribution in [0.5, 0.6) is 0 Å². The highest BCUT2D eigenvalue weighted by atomic mass is 32.2. The number of aromatic nitrogens is 4. The van der Waals surface area contributed by atoms with Crippen molar-refractivity contribution < 1.29 is 4.79 Å². The molecule has 1 fully saturated rings. The molecule has 8 nitrogen and oxygen atoms in total. The smallest absolute Gasteiger partial charge is 0.289 e. The first-order chi connectivity index (χ1) is 10.2. The van der Waals surface area contributed by atoms with Crippen molar-refractivity contribution in [3.8, 4) is 0 Å². The maximum Gasteiger partial charge on any atom is 0.344 e. The highest BCUT2D eigenvalue weighted by molar-refractivity contribution is 7.98. The van der Waals surface area contributed by atoms with Crippen LogP contribution in [0.15, 0.2) is 28.2 Å². The maximum atomic E-state index is 11.7. The summed E-state index contributed by atoms with van der Waals surface area (Å²) in [5, 5.41) is 7.15. The van der Waals surface area contributed by atoms with Crippen LogP contribution in [0.3, 0.4) is 0 Å². The molecule has 2 aromatic heterocycles. The second-order valence-electron chi connectivity index (χ2n) is 4.69. The van der Waals surface area contributed by atoms with Gasteiger partial charge in [-0.3, -0.25) is 14.8 Å². The zero-order valence-electron chi connectivity index (χ0n) is 11.1. The third-order valence-electron chi connectivity index (χ3n) is 3.10. The molecule has 9 heteroatoms.